The van der Waals surface area contributed by atoms with Crippen molar-refractivity contribution in [3.63, 3.8) is 0 Å². The first kappa shape index (κ1) is 21.0. The van der Waals surface area contributed by atoms with E-state index >= 15 is 0 Å². The molecule has 0 amide bonds. The molecule has 1 aliphatic rings. The van der Waals surface area contributed by atoms with E-state index in [2.05, 4.69) is 37.9 Å². The molecule has 1 fully saturated rings. The number of thiophene rings is 1. The molecule has 32 heavy (non-hydrogen) atoms. The third-order valence-corrected chi connectivity index (χ3v) is 7.02. The van der Waals surface area contributed by atoms with Crippen LogP contribution in [0.15, 0.2) is 64.6 Å². The van der Waals surface area contributed by atoms with Crippen molar-refractivity contribution >= 4 is 11.3 Å². The van der Waals surface area contributed by atoms with Gasteiger partial charge in [0.15, 0.2) is 5.82 Å². The highest BCUT2D eigenvalue weighted by atomic mass is 32.1. The molecule has 4 aromatic rings. The lowest BCUT2D eigenvalue weighted by atomic mass is 9.95. The molecule has 0 unspecified atom stereocenters. The van der Waals surface area contributed by atoms with Crippen molar-refractivity contribution in [3.8, 4) is 0 Å². The second-order valence-corrected chi connectivity index (χ2v) is 9.28. The minimum Gasteiger partial charge on any atom is -0.468 e. The monoisotopic (exact) mass is 451 g/mol. The first-order valence-corrected chi connectivity index (χ1v) is 12.0. The number of hydrogen-bond acceptors (Lipinski definition) is 6. The van der Waals surface area contributed by atoms with Crippen molar-refractivity contribution in [2.45, 2.75) is 57.3 Å². The van der Waals surface area contributed by atoms with E-state index in [0.29, 0.717) is 19.1 Å². The van der Waals surface area contributed by atoms with Crippen molar-refractivity contribution in [2.75, 3.05) is 0 Å². The number of nitrogens with zero attached hydrogens (tertiary/aromatic N) is 5. The van der Waals surface area contributed by atoms with Crippen molar-refractivity contribution in [1.82, 2.24) is 25.1 Å². The van der Waals surface area contributed by atoms with E-state index in [0.717, 1.165) is 30.0 Å². The second-order valence-electron chi connectivity index (χ2n) is 8.30. The fourth-order valence-corrected chi connectivity index (χ4v) is 5.40. The summed E-state index contributed by atoms with van der Waals surface area (Å²) in [5.74, 6) is 1.49. The summed E-state index contributed by atoms with van der Waals surface area (Å²) >= 11 is 1.70. The Labute approximate surface area is 190 Å². The third-order valence-electron chi connectivity index (χ3n) is 6.10. The molecule has 1 atom stereocenters. The number of tetrazole rings is 1. The first-order valence-electron chi connectivity index (χ1n) is 11.1. The lowest BCUT2D eigenvalue weighted by Gasteiger charge is -2.31. The number of benzene rings is 1. The second kappa shape index (κ2) is 9.75. The Morgan fingerprint density at radius 2 is 1.91 bits per heavy atom. The zero-order chi connectivity index (χ0) is 21.8. The predicted octanol–water partition coefficient (Wildman–Crippen LogP) is 5.76. The van der Waals surface area contributed by atoms with Crippen LogP contribution in [-0.4, -0.2) is 25.1 Å². The molecule has 5 rings (SSSR count). The molecule has 0 bridgehead atoms. The van der Waals surface area contributed by atoms with Crippen molar-refractivity contribution < 1.29 is 8.81 Å². The Hall–Kier alpha value is -2.84. The summed E-state index contributed by atoms with van der Waals surface area (Å²) in [6.45, 7) is 1.20. The SMILES string of the molecule is Fc1ccc(CN(Cc2ccco2)[C@@H](c2cccs2)c2nnnn2C2CCCCC2)cc1. The molecule has 1 aliphatic carbocycles. The lowest BCUT2D eigenvalue weighted by molar-refractivity contribution is 0.176. The van der Waals surface area contributed by atoms with Gasteiger partial charge in [0.1, 0.15) is 17.6 Å². The van der Waals surface area contributed by atoms with E-state index in [9.17, 15) is 4.39 Å². The van der Waals surface area contributed by atoms with E-state index in [-0.39, 0.29) is 11.9 Å². The number of furan rings is 1. The Bertz CT molecular complexity index is 1090. The van der Waals surface area contributed by atoms with Crippen molar-refractivity contribution in [2.24, 2.45) is 0 Å². The fourth-order valence-electron chi connectivity index (χ4n) is 4.55. The Balaban J connectivity index is 1.54. The van der Waals surface area contributed by atoms with Gasteiger partial charge in [0, 0.05) is 11.4 Å². The summed E-state index contributed by atoms with van der Waals surface area (Å²) in [4.78, 5) is 3.48. The van der Waals surface area contributed by atoms with Gasteiger partial charge >= 0.3 is 0 Å². The maximum atomic E-state index is 13.5. The number of hydrogen-bond donors (Lipinski definition) is 0. The molecule has 8 heteroatoms. The third kappa shape index (κ3) is 4.66. The van der Waals surface area contributed by atoms with E-state index in [1.165, 1.54) is 36.3 Å². The number of aromatic nitrogens is 4. The van der Waals surface area contributed by atoms with Gasteiger partial charge in [-0.1, -0.05) is 37.5 Å². The summed E-state index contributed by atoms with van der Waals surface area (Å²) in [5.41, 5.74) is 1.02. The van der Waals surface area contributed by atoms with Crippen molar-refractivity contribution in [1.29, 1.82) is 0 Å². The van der Waals surface area contributed by atoms with Crippen LogP contribution in [0.25, 0.3) is 0 Å². The average Bonchev–Trinajstić information content (AvgIpc) is 3.60. The van der Waals surface area contributed by atoms with Gasteiger partial charge in [-0.3, -0.25) is 4.90 Å². The van der Waals surface area contributed by atoms with Gasteiger partial charge in [0.25, 0.3) is 0 Å². The summed E-state index contributed by atoms with van der Waals surface area (Å²) in [7, 11) is 0. The largest absolute Gasteiger partial charge is 0.468 e. The smallest absolute Gasteiger partial charge is 0.174 e. The van der Waals surface area contributed by atoms with Gasteiger partial charge in [-0.15, -0.1) is 16.4 Å². The lowest BCUT2D eigenvalue weighted by Crippen LogP contribution is -2.32. The normalized spacial score (nSPS) is 15.9. The van der Waals surface area contributed by atoms with Gasteiger partial charge in [-0.2, -0.15) is 0 Å². The van der Waals surface area contributed by atoms with Gasteiger partial charge in [-0.25, -0.2) is 9.07 Å². The molecule has 1 aromatic carbocycles. The van der Waals surface area contributed by atoms with Gasteiger partial charge in [0.05, 0.1) is 18.8 Å². The predicted molar refractivity (Wildman–Crippen MR) is 120 cm³/mol. The summed E-state index contributed by atoms with van der Waals surface area (Å²) in [6.07, 6.45) is 7.59. The van der Waals surface area contributed by atoms with E-state index in [4.69, 9.17) is 4.42 Å². The maximum absolute atomic E-state index is 13.5. The van der Waals surface area contributed by atoms with Crippen LogP contribution in [-0.2, 0) is 13.1 Å². The van der Waals surface area contributed by atoms with Crippen LogP contribution in [0.1, 0.15) is 66.2 Å². The van der Waals surface area contributed by atoms with Crippen LogP contribution in [0.5, 0.6) is 0 Å². The molecule has 3 heterocycles. The standard InChI is InChI=1S/C24H26FN5OS/c25-19-12-10-18(11-13-19)16-29(17-21-8-4-14-31-21)23(22-9-5-15-32-22)24-26-27-28-30(24)20-6-2-1-3-7-20/h4-5,8-15,20,23H,1-3,6-7,16-17H2/t23-/m0/s1. The molecular weight excluding hydrogens is 425 g/mol. The first-order chi connectivity index (χ1) is 15.8. The van der Waals surface area contributed by atoms with Crippen LogP contribution in [0, 0.1) is 5.82 Å². The molecule has 3 aromatic heterocycles. The molecule has 0 N–H and O–H groups in total. The van der Waals surface area contributed by atoms with Crippen LogP contribution in [0.2, 0.25) is 0 Å². The molecular formula is C24H26FN5OS. The van der Waals surface area contributed by atoms with E-state index in [1.54, 1.807) is 17.6 Å². The molecule has 6 nitrogen and oxygen atoms in total. The maximum Gasteiger partial charge on any atom is 0.174 e. The van der Waals surface area contributed by atoms with Crippen LogP contribution >= 0.6 is 11.3 Å². The molecule has 0 radical (unpaired) electrons. The molecule has 0 saturated heterocycles. The summed E-state index contributed by atoms with van der Waals surface area (Å²) < 4.78 is 21.3. The summed E-state index contributed by atoms with van der Waals surface area (Å²) in [5, 5.41) is 15.1. The molecule has 0 spiro atoms. The minimum atomic E-state index is -0.234. The minimum absolute atomic E-state index is 0.137. The fraction of sp³-hybridized carbons (Fsp3) is 0.375. The highest BCUT2D eigenvalue weighted by Crippen LogP contribution is 2.36. The van der Waals surface area contributed by atoms with Gasteiger partial charge in [0.2, 0.25) is 0 Å². The van der Waals surface area contributed by atoms with Crippen molar-refractivity contribution in [3.05, 3.63) is 88.0 Å². The molecule has 0 aliphatic heterocycles. The topological polar surface area (TPSA) is 60.0 Å². The van der Waals surface area contributed by atoms with E-state index in [1.807, 2.05) is 28.9 Å². The summed E-state index contributed by atoms with van der Waals surface area (Å²) in [6, 6.07) is 14.9. The number of halogens is 1. The zero-order valence-electron chi connectivity index (χ0n) is 17.8. The Kier molecular flexibility index (Phi) is 6.41. The average molecular weight is 452 g/mol. The van der Waals surface area contributed by atoms with Crippen LogP contribution in [0.4, 0.5) is 4.39 Å². The number of rotatable bonds is 8. The highest BCUT2D eigenvalue weighted by Gasteiger charge is 2.32. The highest BCUT2D eigenvalue weighted by molar-refractivity contribution is 7.10. The van der Waals surface area contributed by atoms with Gasteiger partial charge in [-0.05, 0) is 64.5 Å². The van der Waals surface area contributed by atoms with Crippen LogP contribution < -0.4 is 0 Å². The van der Waals surface area contributed by atoms with Gasteiger partial charge < -0.3 is 4.42 Å². The van der Waals surface area contributed by atoms with Crippen LogP contribution in [0.3, 0.4) is 0 Å². The zero-order valence-corrected chi connectivity index (χ0v) is 18.6. The van der Waals surface area contributed by atoms with E-state index < -0.39 is 0 Å². The molecule has 166 valence electrons. The molecule has 1 saturated carbocycles. The Morgan fingerprint density at radius 3 is 2.62 bits per heavy atom. The Morgan fingerprint density at radius 1 is 1.06 bits per heavy atom. The quantitative estimate of drug-likeness (QED) is 0.341.